The van der Waals surface area contributed by atoms with Gasteiger partial charge in [-0.3, -0.25) is 4.79 Å². The summed E-state index contributed by atoms with van der Waals surface area (Å²) in [5, 5.41) is 2.19. The Balaban J connectivity index is 2.31. The van der Waals surface area contributed by atoms with Crippen LogP contribution < -0.4 is 4.72 Å². The van der Waals surface area contributed by atoms with E-state index in [4.69, 9.17) is 11.6 Å². The van der Waals surface area contributed by atoms with Crippen molar-refractivity contribution in [1.82, 2.24) is 9.62 Å². The van der Waals surface area contributed by atoms with Crippen molar-refractivity contribution in [2.24, 2.45) is 0 Å². The van der Waals surface area contributed by atoms with Gasteiger partial charge in [-0.25, -0.2) is 13.1 Å². The molecule has 0 saturated heterocycles. The number of carbonyl (C=O) groups is 1. The number of rotatable bonds is 5. The fourth-order valence-corrected chi connectivity index (χ4v) is 3.93. The maximum absolute atomic E-state index is 12.6. The van der Waals surface area contributed by atoms with Gasteiger partial charge in [-0.2, -0.15) is 0 Å². The quantitative estimate of drug-likeness (QED) is 0.877. The van der Waals surface area contributed by atoms with Gasteiger partial charge in [0.15, 0.2) is 0 Å². The predicted octanol–water partition coefficient (Wildman–Crippen LogP) is 2.89. The highest BCUT2D eigenvalue weighted by Crippen LogP contribution is 2.23. The molecule has 0 saturated carbocycles. The molecule has 1 N–H and O–H groups in total. The van der Waals surface area contributed by atoms with Gasteiger partial charge in [0.2, 0.25) is 10.0 Å². The highest BCUT2D eigenvalue weighted by Gasteiger charge is 2.20. The minimum absolute atomic E-state index is 0.00783. The zero-order chi connectivity index (χ0) is 17.2. The van der Waals surface area contributed by atoms with Crippen LogP contribution in [0.4, 0.5) is 0 Å². The smallest absolute Gasteiger partial charge is 0.255 e. The molecule has 8 heteroatoms. The standard InChI is InChI=1S/C15H17ClN2O3S2/c1-10-6-7-22-14(10)9-18(3)15(19)12-8-11(4-5-13(12)16)23(20,21)17-2/h4-8,17H,9H2,1-3H3. The summed E-state index contributed by atoms with van der Waals surface area (Å²) in [6.45, 7) is 2.43. The predicted molar refractivity (Wildman–Crippen MR) is 92.6 cm³/mol. The third kappa shape index (κ3) is 3.92. The van der Waals surface area contributed by atoms with E-state index in [1.807, 2.05) is 18.4 Å². The van der Waals surface area contributed by atoms with E-state index in [1.165, 1.54) is 30.1 Å². The molecule has 0 aliphatic carbocycles. The maximum atomic E-state index is 12.6. The van der Waals surface area contributed by atoms with Gasteiger partial charge < -0.3 is 4.90 Å². The van der Waals surface area contributed by atoms with Crippen LogP contribution in [0.3, 0.4) is 0 Å². The Bertz CT molecular complexity index is 831. The molecular weight excluding hydrogens is 356 g/mol. The van der Waals surface area contributed by atoms with Gasteiger partial charge in [-0.1, -0.05) is 11.6 Å². The van der Waals surface area contributed by atoms with Crippen LogP contribution in [-0.2, 0) is 16.6 Å². The van der Waals surface area contributed by atoms with E-state index in [0.29, 0.717) is 6.54 Å². The molecule has 5 nitrogen and oxygen atoms in total. The van der Waals surface area contributed by atoms with Crippen LogP contribution in [-0.4, -0.2) is 33.3 Å². The molecule has 0 aliphatic rings. The Kier molecular flexibility index (Phi) is 5.46. The normalized spacial score (nSPS) is 11.5. The summed E-state index contributed by atoms with van der Waals surface area (Å²) >= 11 is 7.65. The average molecular weight is 373 g/mol. The van der Waals surface area contributed by atoms with Crippen molar-refractivity contribution in [1.29, 1.82) is 0 Å². The fourth-order valence-electron chi connectivity index (χ4n) is 2.01. The minimum atomic E-state index is -3.63. The Morgan fingerprint density at radius 1 is 1.35 bits per heavy atom. The summed E-state index contributed by atoms with van der Waals surface area (Å²) in [6.07, 6.45) is 0. The monoisotopic (exact) mass is 372 g/mol. The molecule has 0 bridgehead atoms. The van der Waals surface area contributed by atoms with Crippen LogP contribution in [0.25, 0.3) is 0 Å². The van der Waals surface area contributed by atoms with Crippen molar-refractivity contribution in [2.75, 3.05) is 14.1 Å². The zero-order valence-electron chi connectivity index (χ0n) is 13.0. The average Bonchev–Trinajstić information content (AvgIpc) is 2.92. The van der Waals surface area contributed by atoms with Crippen LogP contribution in [0, 0.1) is 6.92 Å². The van der Waals surface area contributed by atoms with Gasteiger partial charge in [-0.05, 0) is 49.2 Å². The SMILES string of the molecule is CNS(=O)(=O)c1ccc(Cl)c(C(=O)N(C)Cc2sccc2C)c1. The zero-order valence-corrected chi connectivity index (χ0v) is 15.3. The van der Waals surface area contributed by atoms with Gasteiger partial charge in [0.05, 0.1) is 22.0 Å². The molecule has 2 rings (SSSR count). The molecule has 1 aromatic carbocycles. The number of benzene rings is 1. The number of nitrogens with zero attached hydrogens (tertiary/aromatic N) is 1. The first-order valence-corrected chi connectivity index (χ1v) is 9.52. The van der Waals surface area contributed by atoms with Crippen LogP contribution in [0.2, 0.25) is 5.02 Å². The number of thiophene rings is 1. The lowest BCUT2D eigenvalue weighted by atomic mass is 10.2. The van der Waals surface area contributed by atoms with Crippen molar-refractivity contribution in [3.8, 4) is 0 Å². The summed E-state index contributed by atoms with van der Waals surface area (Å²) in [7, 11) is -0.650. The van der Waals surface area contributed by atoms with E-state index in [1.54, 1.807) is 18.4 Å². The molecule has 23 heavy (non-hydrogen) atoms. The van der Waals surface area contributed by atoms with Crippen molar-refractivity contribution in [3.63, 3.8) is 0 Å². The van der Waals surface area contributed by atoms with Gasteiger partial charge >= 0.3 is 0 Å². The number of amides is 1. The third-order valence-electron chi connectivity index (χ3n) is 3.44. The maximum Gasteiger partial charge on any atom is 0.255 e. The van der Waals surface area contributed by atoms with Crippen molar-refractivity contribution < 1.29 is 13.2 Å². The Morgan fingerprint density at radius 2 is 2.04 bits per heavy atom. The Hall–Kier alpha value is -1.41. The van der Waals surface area contributed by atoms with Crippen LogP contribution >= 0.6 is 22.9 Å². The molecule has 0 spiro atoms. The molecule has 1 heterocycles. The van der Waals surface area contributed by atoms with E-state index in [2.05, 4.69) is 4.72 Å². The van der Waals surface area contributed by atoms with Gasteiger partial charge in [0.25, 0.3) is 5.91 Å². The molecule has 1 amide bonds. The lowest BCUT2D eigenvalue weighted by Gasteiger charge is -2.18. The Morgan fingerprint density at radius 3 is 2.61 bits per heavy atom. The molecule has 2 aromatic rings. The van der Waals surface area contributed by atoms with E-state index in [-0.39, 0.29) is 21.4 Å². The van der Waals surface area contributed by atoms with E-state index >= 15 is 0 Å². The molecule has 0 aliphatic heterocycles. The lowest BCUT2D eigenvalue weighted by molar-refractivity contribution is 0.0786. The number of hydrogen-bond donors (Lipinski definition) is 1. The molecule has 0 atom stereocenters. The first-order valence-electron chi connectivity index (χ1n) is 6.78. The van der Waals surface area contributed by atoms with E-state index in [0.717, 1.165) is 10.4 Å². The first-order chi connectivity index (χ1) is 10.8. The third-order valence-corrected chi connectivity index (χ3v) is 6.19. The summed E-state index contributed by atoms with van der Waals surface area (Å²) in [6, 6.07) is 6.08. The van der Waals surface area contributed by atoms with Crippen LogP contribution in [0.15, 0.2) is 34.5 Å². The second-order valence-corrected chi connectivity index (χ2v) is 8.33. The Labute approximate surface area is 144 Å². The van der Waals surface area contributed by atoms with Crippen molar-refractivity contribution >= 4 is 38.9 Å². The number of aryl methyl sites for hydroxylation is 1. The lowest BCUT2D eigenvalue weighted by Crippen LogP contribution is -2.27. The largest absolute Gasteiger partial charge is 0.337 e. The topological polar surface area (TPSA) is 66.5 Å². The van der Waals surface area contributed by atoms with Crippen molar-refractivity contribution in [3.05, 3.63) is 50.7 Å². The van der Waals surface area contributed by atoms with Gasteiger partial charge in [0.1, 0.15) is 0 Å². The number of carbonyl (C=O) groups excluding carboxylic acids is 1. The number of nitrogens with one attached hydrogen (secondary N) is 1. The van der Waals surface area contributed by atoms with Gasteiger partial charge in [0, 0.05) is 11.9 Å². The highest BCUT2D eigenvalue weighted by molar-refractivity contribution is 7.89. The summed E-state index contributed by atoms with van der Waals surface area (Å²) < 4.78 is 26.0. The number of halogens is 1. The fraction of sp³-hybridized carbons (Fsp3) is 0.267. The van der Waals surface area contributed by atoms with Crippen molar-refractivity contribution in [2.45, 2.75) is 18.4 Å². The van der Waals surface area contributed by atoms with E-state index < -0.39 is 10.0 Å². The molecular formula is C15H17ClN2O3S2. The molecule has 0 fully saturated rings. The summed E-state index contributed by atoms with van der Waals surface area (Å²) in [4.78, 5) is 15.2. The molecule has 0 radical (unpaired) electrons. The number of hydrogen-bond acceptors (Lipinski definition) is 4. The summed E-state index contributed by atoms with van der Waals surface area (Å²) in [5.74, 6) is -0.323. The van der Waals surface area contributed by atoms with Gasteiger partial charge in [-0.15, -0.1) is 11.3 Å². The highest BCUT2D eigenvalue weighted by atomic mass is 35.5. The number of sulfonamides is 1. The first kappa shape index (κ1) is 17.9. The molecule has 124 valence electrons. The minimum Gasteiger partial charge on any atom is -0.337 e. The second-order valence-electron chi connectivity index (χ2n) is 5.04. The van der Waals surface area contributed by atoms with E-state index in [9.17, 15) is 13.2 Å². The van der Waals surface area contributed by atoms with Crippen LogP contribution in [0.5, 0.6) is 0 Å². The van der Waals surface area contributed by atoms with Crippen LogP contribution in [0.1, 0.15) is 20.8 Å². The summed E-state index contributed by atoms with van der Waals surface area (Å²) in [5.41, 5.74) is 1.28. The molecule has 1 aromatic heterocycles. The molecule has 0 unspecified atom stereocenters. The second kappa shape index (κ2) is 7.00.